The van der Waals surface area contributed by atoms with Crippen molar-refractivity contribution in [2.24, 2.45) is 0 Å². The van der Waals surface area contributed by atoms with Crippen molar-refractivity contribution < 1.29 is 9.18 Å². The molecule has 0 atom stereocenters. The molecule has 0 aliphatic heterocycles. The lowest BCUT2D eigenvalue weighted by molar-refractivity contribution is 0.112. The fourth-order valence-corrected chi connectivity index (χ4v) is 1.80. The highest BCUT2D eigenvalue weighted by molar-refractivity contribution is 6.32. The summed E-state index contributed by atoms with van der Waals surface area (Å²) in [5, 5.41) is 0.654. The van der Waals surface area contributed by atoms with E-state index in [0.717, 1.165) is 0 Å². The zero-order valence-corrected chi connectivity index (χ0v) is 8.68. The maximum Gasteiger partial charge on any atom is 0.153 e. The Labute approximate surface area is 90.7 Å². The van der Waals surface area contributed by atoms with Gasteiger partial charge in [-0.1, -0.05) is 23.7 Å². The SMILES string of the molecule is Cc1c(C=O)c(Cl)nc2c(F)cccc12. The third-order valence-electron chi connectivity index (χ3n) is 2.34. The van der Waals surface area contributed by atoms with Crippen LogP contribution in [0, 0.1) is 12.7 Å². The van der Waals surface area contributed by atoms with Crippen molar-refractivity contribution in [1.29, 1.82) is 0 Å². The molecule has 15 heavy (non-hydrogen) atoms. The second kappa shape index (κ2) is 3.59. The summed E-state index contributed by atoms with van der Waals surface area (Å²) in [6.07, 6.45) is 0.634. The number of nitrogens with zero attached hydrogens (tertiary/aromatic N) is 1. The number of aldehydes is 1. The minimum atomic E-state index is -0.435. The quantitative estimate of drug-likeness (QED) is 0.549. The molecule has 2 aromatic rings. The number of pyridine rings is 1. The summed E-state index contributed by atoms with van der Waals surface area (Å²) in [5.41, 5.74) is 1.17. The molecule has 1 aromatic heterocycles. The molecule has 0 amide bonds. The molecule has 1 heterocycles. The van der Waals surface area contributed by atoms with Crippen molar-refractivity contribution in [2.75, 3.05) is 0 Å². The lowest BCUT2D eigenvalue weighted by atomic mass is 10.1. The number of halogens is 2. The number of hydrogen-bond donors (Lipinski definition) is 0. The lowest BCUT2D eigenvalue weighted by Gasteiger charge is -2.06. The molecule has 2 rings (SSSR count). The number of aromatic nitrogens is 1. The Bertz CT molecular complexity index is 554. The minimum absolute atomic E-state index is 0.0418. The maximum atomic E-state index is 13.4. The van der Waals surface area contributed by atoms with Crippen LogP contribution in [0.25, 0.3) is 10.9 Å². The summed E-state index contributed by atoms with van der Waals surface area (Å²) in [7, 11) is 0. The van der Waals surface area contributed by atoms with Crippen LogP contribution in [0.2, 0.25) is 5.15 Å². The summed E-state index contributed by atoms with van der Waals surface area (Å²) < 4.78 is 13.4. The minimum Gasteiger partial charge on any atom is -0.298 e. The molecule has 76 valence electrons. The molecule has 0 unspecified atom stereocenters. The second-order valence-electron chi connectivity index (χ2n) is 3.20. The summed E-state index contributed by atoms with van der Waals surface area (Å²) in [4.78, 5) is 14.6. The number of hydrogen-bond acceptors (Lipinski definition) is 2. The molecule has 0 radical (unpaired) electrons. The van der Waals surface area contributed by atoms with Gasteiger partial charge >= 0.3 is 0 Å². The zero-order chi connectivity index (χ0) is 11.0. The van der Waals surface area contributed by atoms with Gasteiger partial charge in [0.15, 0.2) is 6.29 Å². The van der Waals surface area contributed by atoms with Gasteiger partial charge in [0, 0.05) is 5.39 Å². The molecule has 1 aromatic carbocycles. The van der Waals surface area contributed by atoms with Crippen LogP contribution in [0.3, 0.4) is 0 Å². The molecule has 4 heteroatoms. The van der Waals surface area contributed by atoms with E-state index in [4.69, 9.17) is 11.6 Å². The molecule has 2 nitrogen and oxygen atoms in total. The lowest BCUT2D eigenvalue weighted by Crippen LogP contribution is -1.95. The van der Waals surface area contributed by atoms with Crippen LogP contribution >= 0.6 is 11.6 Å². The first-order valence-electron chi connectivity index (χ1n) is 4.34. The van der Waals surface area contributed by atoms with Crippen molar-refractivity contribution in [3.05, 3.63) is 40.3 Å². The van der Waals surface area contributed by atoms with Gasteiger partial charge in [0.1, 0.15) is 16.5 Å². The third-order valence-corrected chi connectivity index (χ3v) is 2.63. The molecule has 0 spiro atoms. The normalized spacial score (nSPS) is 10.6. The van der Waals surface area contributed by atoms with Gasteiger partial charge in [-0.3, -0.25) is 4.79 Å². The van der Waals surface area contributed by atoms with Crippen molar-refractivity contribution in [2.45, 2.75) is 6.92 Å². The summed E-state index contributed by atoms with van der Waals surface area (Å²) in [6, 6.07) is 4.60. The number of carbonyl (C=O) groups excluding carboxylic acids is 1. The number of aryl methyl sites for hydroxylation is 1. The van der Waals surface area contributed by atoms with Crippen LogP contribution < -0.4 is 0 Å². The van der Waals surface area contributed by atoms with Crippen LogP contribution in [0.1, 0.15) is 15.9 Å². The van der Waals surface area contributed by atoms with Crippen LogP contribution in [-0.2, 0) is 0 Å². The van der Waals surface area contributed by atoms with E-state index >= 15 is 0 Å². The average molecular weight is 224 g/mol. The van der Waals surface area contributed by atoms with Gasteiger partial charge in [-0.05, 0) is 18.6 Å². The van der Waals surface area contributed by atoms with E-state index in [0.29, 0.717) is 22.8 Å². The third kappa shape index (κ3) is 1.49. The maximum absolute atomic E-state index is 13.4. The Morgan fingerprint density at radius 1 is 1.47 bits per heavy atom. The predicted octanol–water partition coefficient (Wildman–Crippen LogP) is 3.15. The van der Waals surface area contributed by atoms with Crippen LogP contribution in [0.4, 0.5) is 4.39 Å². The van der Waals surface area contributed by atoms with Gasteiger partial charge < -0.3 is 0 Å². The van der Waals surface area contributed by atoms with E-state index in [1.165, 1.54) is 6.07 Å². The van der Waals surface area contributed by atoms with E-state index in [-0.39, 0.29) is 10.7 Å². The Kier molecular flexibility index (Phi) is 2.40. The molecule has 0 saturated heterocycles. The standard InChI is InChI=1S/C11H7ClFNO/c1-6-7-3-2-4-9(13)10(7)14-11(12)8(6)5-15/h2-5H,1H3. The molecule has 0 aliphatic carbocycles. The van der Waals surface area contributed by atoms with Gasteiger partial charge in [-0.2, -0.15) is 0 Å². The highest BCUT2D eigenvalue weighted by Gasteiger charge is 2.11. The monoisotopic (exact) mass is 223 g/mol. The molecular weight excluding hydrogens is 217 g/mol. The van der Waals surface area contributed by atoms with Crippen LogP contribution in [0.15, 0.2) is 18.2 Å². The van der Waals surface area contributed by atoms with E-state index in [1.807, 2.05) is 0 Å². The van der Waals surface area contributed by atoms with E-state index in [2.05, 4.69) is 4.98 Å². The van der Waals surface area contributed by atoms with Gasteiger partial charge in [-0.15, -0.1) is 0 Å². The van der Waals surface area contributed by atoms with Crippen molar-refractivity contribution in [3.8, 4) is 0 Å². The van der Waals surface area contributed by atoms with E-state index in [9.17, 15) is 9.18 Å². The smallest absolute Gasteiger partial charge is 0.153 e. The zero-order valence-electron chi connectivity index (χ0n) is 7.92. The fourth-order valence-electron chi connectivity index (χ4n) is 1.53. The number of fused-ring (bicyclic) bond motifs is 1. The van der Waals surface area contributed by atoms with E-state index in [1.54, 1.807) is 19.1 Å². The Morgan fingerprint density at radius 2 is 2.20 bits per heavy atom. The largest absolute Gasteiger partial charge is 0.298 e. The Hall–Kier alpha value is -1.48. The number of benzene rings is 1. The summed E-state index contributed by atoms with van der Waals surface area (Å²) in [5.74, 6) is -0.435. The molecule has 0 bridgehead atoms. The van der Waals surface area contributed by atoms with Gasteiger partial charge in [0.05, 0.1) is 5.56 Å². The first kappa shape index (κ1) is 10.1. The second-order valence-corrected chi connectivity index (χ2v) is 3.55. The molecule has 0 aliphatic rings. The number of rotatable bonds is 1. The summed E-state index contributed by atoms with van der Waals surface area (Å²) >= 11 is 5.77. The molecular formula is C11H7ClFNO. The van der Waals surface area contributed by atoms with Crippen LogP contribution in [0.5, 0.6) is 0 Å². The van der Waals surface area contributed by atoms with E-state index < -0.39 is 5.82 Å². The first-order valence-corrected chi connectivity index (χ1v) is 4.72. The highest BCUT2D eigenvalue weighted by Crippen LogP contribution is 2.25. The fraction of sp³-hybridized carbons (Fsp3) is 0.0909. The predicted molar refractivity (Wildman–Crippen MR) is 56.8 cm³/mol. The first-order chi connectivity index (χ1) is 7.15. The van der Waals surface area contributed by atoms with Gasteiger partial charge in [0.2, 0.25) is 0 Å². The molecule has 0 saturated carbocycles. The van der Waals surface area contributed by atoms with Crippen molar-refractivity contribution in [3.63, 3.8) is 0 Å². The summed E-state index contributed by atoms with van der Waals surface area (Å²) in [6.45, 7) is 1.72. The van der Waals surface area contributed by atoms with Crippen molar-refractivity contribution in [1.82, 2.24) is 4.98 Å². The van der Waals surface area contributed by atoms with Crippen LogP contribution in [-0.4, -0.2) is 11.3 Å². The molecule has 0 fully saturated rings. The van der Waals surface area contributed by atoms with Gasteiger partial charge in [-0.25, -0.2) is 9.37 Å². The Morgan fingerprint density at radius 3 is 2.87 bits per heavy atom. The number of para-hydroxylation sites is 1. The highest BCUT2D eigenvalue weighted by atomic mass is 35.5. The number of carbonyl (C=O) groups is 1. The topological polar surface area (TPSA) is 30.0 Å². The Balaban J connectivity index is 2.97. The van der Waals surface area contributed by atoms with Gasteiger partial charge in [0.25, 0.3) is 0 Å². The molecule has 0 N–H and O–H groups in total. The average Bonchev–Trinajstić information content (AvgIpc) is 2.20. The van der Waals surface area contributed by atoms with Crippen molar-refractivity contribution >= 4 is 28.8 Å².